The fourth-order valence-electron chi connectivity index (χ4n) is 3.56. The zero-order valence-electron chi connectivity index (χ0n) is 14.1. The van der Waals surface area contributed by atoms with Gasteiger partial charge >= 0.3 is 0 Å². The minimum atomic E-state index is -0.425. The number of benzene rings is 1. The Morgan fingerprint density at radius 2 is 2.04 bits per heavy atom. The van der Waals surface area contributed by atoms with Crippen molar-refractivity contribution in [3.05, 3.63) is 53.2 Å². The molecule has 1 saturated heterocycles. The summed E-state index contributed by atoms with van der Waals surface area (Å²) in [4.78, 5) is 20.5. The minimum Gasteiger partial charge on any atom is -0.493 e. The maximum atomic E-state index is 11.6. The zero-order valence-corrected chi connectivity index (χ0v) is 14.1. The van der Waals surface area contributed by atoms with Crippen molar-refractivity contribution in [2.45, 2.75) is 13.0 Å². The summed E-state index contributed by atoms with van der Waals surface area (Å²) in [6, 6.07) is 9.99. The van der Waals surface area contributed by atoms with Crippen LogP contribution in [0.3, 0.4) is 0 Å². The Kier molecular flexibility index (Phi) is 4.28. The van der Waals surface area contributed by atoms with Crippen molar-refractivity contribution in [2.24, 2.45) is 5.73 Å². The number of hydrogen-bond donors (Lipinski definition) is 1. The second kappa shape index (κ2) is 6.72. The van der Waals surface area contributed by atoms with Gasteiger partial charge in [0, 0.05) is 45.3 Å². The van der Waals surface area contributed by atoms with E-state index >= 15 is 0 Å². The number of amides is 1. The second-order valence-electron chi connectivity index (χ2n) is 6.54. The van der Waals surface area contributed by atoms with Crippen LogP contribution in [-0.4, -0.2) is 48.6 Å². The monoisotopic (exact) mass is 338 g/mol. The number of ether oxygens (including phenoxy) is 1. The Morgan fingerprint density at radius 1 is 1.20 bits per heavy atom. The van der Waals surface area contributed by atoms with Crippen LogP contribution < -0.4 is 15.4 Å². The lowest BCUT2D eigenvalue weighted by Gasteiger charge is -2.36. The molecule has 1 aromatic heterocycles. The first-order valence-electron chi connectivity index (χ1n) is 8.67. The number of pyridine rings is 1. The summed E-state index contributed by atoms with van der Waals surface area (Å²) in [6.45, 7) is 5.27. The van der Waals surface area contributed by atoms with Gasteiger partial charge in [0.25, 0.3) is 5.91 Å². The third-order valence-corrected chi connectivity index (χ3v) is 4.88. The van der Waals surface area contributed by atoms with Crippen molar-refractivity contribution < 1.29 is 9.53 Å². The molecule has 2 aliphatic heterocycles. The van der Waals surface area contributed by atoms with Gasteiger partial charge in [0.2, 0.25) is 0 Å². The molecule has 2 aliphatic rings. The molecule has 0 aliphatic carbocycles. The van der Waals surface area contributed by atoms with Gasteiger partial charge < -0.3 is 15.4 Å². The van der Waals surface area contributed by atoms with Gasteiger partial charge in [-0.1, -0.05) is 12.1 Å². The van der Waals surface area contributed by atoms with Crippen molar-refractivity contribution in [3.63, 3.8) is 0 Å². The van der Waals surface area contributed by atoms with Crippen LogP contribution in [-0.2, 0) is 13.0 Å². The van der Waals surface area contributed by atoms with Crippen LogP contribution in [0.2, 0.25) is 0 Å². The van der Waals surface area contributed by atoms with Crippen LogP contribution in [0.4, 0.5) is 5.82 Å². The molecule has 2 aromatic rings. The van der Waals surface area contributed by atoms with E-state index in [2.05, 4.69) is 33.0 Å². The predicted octanol–water partition coefficient (Wildman–Crippen LogP) is 1.44. The third kappa shape index (κ3) is 3.30. The summed E-state index contributed by atoms with van der Waals surface area (Å²) in [5.41, 5.74) is 8.61. The fourth-order valence-corrected chi connectivity index (χ4v) is 3.56. The standard InChI is InChI=1S/C19H22N4O2/c20-18(24)16-2-1-6-21-19(16)23-9-7-22(8-10-23)13-14-3-4-17-15(12-14)5-11-25-17/h1-4,6,12H,5,7-11,13H2,(H2,20,24). The summed E-state index contributed by atoms with van der Waals surface area (Å²) >= 11 is 0. The van der Waals surface area contributed by atoms with Gasteiger partial charge in [0.05, 0.1) is 12.2 Å². The maximum absolute atomic E-state index is 11.6. The lowest BCUT2D eigenvalue weighted by Crippen LogP contribution is -2.46. The Bertz CT molecular complexity index is 785. The molecule has 6 nitrogen and oxygen atoms in total. The SMILES string of the molecule is NC(=O)c1cccnc1N1CCN(Cc2ccc3c(c2)CCO3)CC1. The topological polar surface area (TPSA) is 71.7 Å². The zero-order chi connectivity index (χ0) is 17.2. The highest BCUT2D eigenvalue weighted by atomic mass is 16.5. The molecular formula is C19H22N4O2. The lowest BCUT2D eigenvalue weighted by molar-refractivity contribution is 0.1000. The van der Waals surface area contributed by atoms with Gasteiger partial charge in [0.15, 0.2) is 0 Å². The normalized spacial score (nSPS) is 17.2. The Balaban J connectivity index is 1.40. The van der Waals surface area contributed by atoms with Gasteiger partial charge in [-0.15, -0.1) is 0 Å². The average molecular weight is 338 g/mol. The smallest absolute Gasteiger partial charge is 0.252 e. The Morgan fingerprint density at radius 3 is 2.84 bits per heavy atom. The number of primary amides is 1. The van der Waals surface area contributed by atoms with E-state index in [1.54, 1.807) is 18.3 Å². The molecule has 0 atom stereocenters. The van der Waals surface area contributed by atoms with Crippen LogP contribution in [0, 0.1) is 0 Å². The van der Waals surface area contributed by atoms with Crippen molar-refractivity contribution in [1.82, 2.24) is 9.88 Å². The number of hydrogen-bond acceptors (Lipinski definition) is 5. The minimum absolute atomic E-state index is 0.425. The second-order valence-corrected chi connectivity index (χ2v) is 6.54. The molecule has 1 amide bonds. The number of aromatic nitrogens is 1. The summed E-state index contributed by atoms with van der Waals surface area (Å²) in [6.07, 6.45) is 2.72. The molecule has 0 unspecified atom stereocenters. The highest BCUT2D eigenvalue weighted by Crippen LogP contribution is 2.26. The quantitative estimate of drug-likeness (QED) is 0.913. The maximum Gasteiger partial charge on any atom is 0.252 e. The first-order valence-corrected chi connectivity index (χ1v) is 8.67. The summed E-state index contributed by atoms with van der Waals surface area (Å²) in [5.74, 6) is 1.30. The predicted molar refractivity (Wildman–Crippen MR) is 95.9 cm³/mol. The molecule has 1 aromatic carbocycles. The molecule has 0 saturated carbocycles. The number of anilines is 1. The number of carbonyl (C=O) groups excluding carboxylic acids is 1. The van der Waals surface area contributed by atoms with Crippen molar-refractivity contribution in [2.75, 3.05) is 37.7 Å². The van der Waals surface area contributed by atoms with Gasteiger partial charge in [-0.25, -0.2) is 4.98 Å². The molecule has 1 fully saturated rings. The summed E-state index contributed by atoms with van der Waals surface area (Å²) in [7, 11) is 0. The molecule has 3 heterocycles. The van der Waals surface area contributed by atoms with Crippen LogP contribution in [0.1, 0.15) is 21.5 Å². The van der Waals surface area contributed by atoms with E-state index in [0.717, 1.165) is 51.5 Å². The van der Waals surface area contributed by atoms with Crippen LogP contribution in [0.25, 0.3) is 0 Å². The number of rotatable bonds is 4. The highest BCUT2D eigenvalue weighted by Gasteiger charge is 2.22. The first-order chi connectivity index (χ1) is 12.2. The molecule has 2 N–H and O–H groups in total. The van der Waals surface area contributed by atoms with Crippen LogP contribution in [0.15, 0.2) is 36.5 Å². The van der Waals surface area contributed by atoms with Gasteiger partial charge in [0.1, 0.15) is 11.6 Å². The van der Waals surface area contributed by atoms with Crippen LogP contribution in [0.5, 0.6) is 5.75 Å². The first kappa shape index (κ1) is 15.9. The molecule has 6 heteroatoms. The number of piperazine rings is 1. The van der Waals surface area contributed by atoms with E-state index in [0.29, 0.717) is 11.4 Å². The van der Waals surface area contributed by atoms with Crippen molar-refractivity contribution in [1.29, 1.82) is 0 Å². The van der Waals surface area contributed by atoms with E-state index in [4.69, 9.17) is 10.5 Å². The van der Waals surface area contributed by atoms with E-state index in [-0.39, 0.29) is 0 Å². The molecular weight excluding hydrogens is 316 g/mol. The van der Waals surface area contributed by atoms with Gasteiger partial charge in [-0.2, -0.15) is 0 Å². The number of fused-ring (bicyclic) bond motifs is 1. The van der Waals surface area contributed by atoms with E-state index in [9.17, 15) is 4.79 Å². The molecule has 0 spiro atoms. The molecule has 4 rings (SSSR count). The third-order valence-electron chi connectivity index (χ3n) is 4.88. The van der Waals surface area contributed by atoms with E-state index < -0.39 is 5.91 Å². The molecule has 25 heavy (non-hydrogen) atoms. The van der Waals surface area contributed by atoms with Crippen LogP contribution >= 0.6 is 0 Å². The fraction of sp³-hybridized carbons (Fsp3) is 0.368. The Hall–Kier alpha value is -2.60. The van der Waals surface area contributed by atoms with Gasteiger partial charge in [-0.05, 0) is 29.3 Å². The van der Waals surface area contributed by atoms with Gasteiger partial charge in [-0.3, -0.25) is 9.69 Å². The largest absolute Gasteiger partial charge is 0.493 e. The highest BCUT2D eigenvalue weighted by molar-refractivity contribution is 5.97. The van der Waals surface area contributed by atoms with E-state index in [1.807, 2.05) is 0 Å². The molecule has 0 bridgehead atoms. The Labute approximate surface area is 147 Å². The van der Waals surface area contributed by atoms with Crippen molar-refractivity contribution in [3.8, 4) is 5.75 Å². The molecule has 0 radical (unpaired) electrons. The number of nitrogens with two attached hydrogens (primary N) is 1. The average Bonchev–Trinajstić information content (AvgIpc) is 3.10. The lowest BCUT2D eigenvalue weighted by atomic mass is 10.1. The number of carbonyl (C=O) groups is 1. The summed E-state index contributed by atoms with van der Waals surface area (Å²) in [5, 5.41) is 0. The van der Waals surface area contributed by atoms with Crippen molar-refractivity contribution >= 4 is 11.7 Å². The van der Waals surface area contributed by atoms with E-state index in [1.165, 1.54) is 11.1 Å². The molecule has 130 valence electrons. The summed E-state index contributed by atoms with van der Waals surface area (Å²) < 4.78 is 5.57. The number of nitrogens with zero attached hydrogens (tertiary/aromatic N) is 3.